The van der Waals surface area contributed by atoms with Crippen LogP contribution in [0.1, 0.15) is 36.0 Å². The van der Waals surface area contributed by atoms with Gasteiger partial charge in [0.2, 0.25) is 0 Å². The third-order valence-electron chi connectivity index (χ3n) is 4.95. The highest BCUT2D eigenvalue weighted by molar-refractivity contribution is 9.10. The van der Waals surface area contributed by atoms with Crippen molar-refractivity contribution in [2.45, 2.75) is 38.4 Å². The number of amides is 1. The van der Waals surface area contributed by atoms with Gasteiger partial charge in [-0.15, -0.1) is 0 Å². The van der Waals surface area contributed by atoms with Gasteiger partial charge in [-0.2, -0.15) is 0 Å². The van der Waals surface area contributed by atoms with Crippen molar-refractivity contribution >= 4 is 33.2 Å². The summed E-state index contributed by atoms with van der Waals surface area (Å²) in [5.74, 6) is -2.14. The Hall–Kier alpha value is -2.31. The van der Waals surface area contributed by atoms with Gasteiger partial charge in [-0.3, -0.25) is 14.4 Å². The third-order valence-corrected chi connectivity index (χ3v) is 5.44. The Kier molecular flexibility index (Phi) is 5.88. The molecule has 3 heterocycles. The van der Waals surface area contributed by atoms with Crippen molar-refractivity contribution in [3.05, 3.63) is 56.2 Å². The average Bonchev–Trinajstić information content (AvgIpc) is 3.17. The number of pyridine rings is 1. The van der Waals surface area contributed by atoms with E-state index in [0.29, 0.717) is 10.2 Å². The Morgan fingerprint density at radius 1 is 1.35 bits per heavy atom. The van der Waals surface area contributed by atoms with Crippen molar-refractivity contribution in [1.82, 2.24) is 10.0 Å². The molecule has 2 aliphatic rings. The summed E-state index contributed by atoms with van der Waals surface area (Å²) in [6, 6.07) is 5.59. The van der Waals surface area contributed by atoms with Gasteiger partial charge < -0.3 is 24.5 Å². The second-order valence-corrected chi connectivity index (χ2v) is 8.53. The van der Waals surface area contributed by atoms with Crippen LogP contribution in [0.5, 0.6) is 0 Å². The molecular formula is C20H21BrFN3O6. The number of carbonyl (C=O) groups excluding carboxylic acids is 1. The quantitative estimate of drug-likeness (QED) is 0.414. The number of halogens is 2. The highest BCUT2D eigenvalue weighted by Gasteiger charge is 2.49. The van der Waals surface area contributed by atoms with Gasteiger partial charge in [-0.05, 0) is 32.0 Å². The van der Waals surface area contributed by atoms with E-state index in [4.69, 9.17) is 19.4 Å². The van der Waals surface area contributed by atoms with E-state index in [-0.39, 0.29) is 42.3 Å². The van der Waals surface area contributed by atoms with Gasteiger partial charge in [-0.25, -0.2) is 9.87 Å². The van der Waals surface area contributed by atoms with Gasteiger partial charge in [0.15, 0.2) is 5.79 Å². The van der Waals surface area contributed by atoms with Gasteiger partial charge in [0.25, 0.3) is 11.5 Å². The van der Waals surface area contributed by atoms with Gasteiger partial charge in [0.1, 0.15) is 18.0 Å². The molecule has 166 valence electrons. The van der Waals surface area contributed by atoms with Gasteiger partial charge in [0.05, 0.1) is 42.4 Å². The summed E-state index contributed by atoms with van der Waals surface area (Å²) >= 11 is 3.20. The van der Waals surface area contributed by atoms with Crippen LogP contribution < -0.4 is 16.4 Å². The van der Waals surface area contributed by atoms with E-state index in [1.807, 2.05) is 0 Å². The Balaban J connectivity index is 1.81. The highest BCUT2D eigenvalue weighted by atomic mass is 79.9. The molecule has 0 aliphatic carbocycles. The fourth-order valence-electron chi connectivity index (χ4n) is 3.82. The van der Waals surface area contributed by atoms with E-state index < -0.39 is 29.7 Å². The van der Waals surface area contributed by atoms with Crippen LogP contribution in [0.3, 0.4) is 0 Å². The summed E-state index contributed by atoms with van der Waals surface area (Å²) in [4.78, 5) is 30.8. The number of aromatic nitrogens is 1. The molecule has 11 heteroatoms. The van der Waals surface area contributed by atoms with Crippen LogP contribution in [0.4, 0.5) is 15.8 Å². The predicted molar refractivity (Wildman–Crippen MR) is 111 cm³/mol. The zero-order valence-corrected chi connectivity index (χ0v) is 18.4. The predicted octanol–water partition coefficient (Wildman–Crippen LogP) is 2.35. The Bertz CT molecular complexity index is 1090. The van der Waals surface area contributed by atoms with Crippen molar-refractivity contribution in [3.8, 4) is 0 Å². The average molecular weight is 498 g/mol. The normalized spacial score (nSPS) is 20.9. The zero-order valence-electron chi connectivity index (χ0n) is 16.8. The van der Waals surface area contributed by atoms with Gasteiger partial charge in [0, 0.05) is 10.5 Å². The summed E-state index contributed by atoms with van der Waals surface area (Å²) in [6.07, 6.45) is -1.12. The second kappa shape index (κ2) is 8.32. The van der Waals surface area contributed by atoms with Gasteiger partial charge in [-0.1, -0.05) is 15.9 Å². The first-order chi connectivity index (χ1) is 14.7. The zero-order chi connectivity index (χ0) is 22.3. The fraction of sp³-hybridized carbons (Fsp3) is 0.400. The first kappa shape index (κ1) is 21.9. The maximum Gasteiger partial charge on any atom is 0.278 e. The molecule has 2 atom stereocenters. The molecule has 2 unspecified atom stereocenters. The van der Waals surface area contributed by atoms with E-state index in [1.54, 1.807) is 19.9 Å². The van der Waals surface area contributed by atoms with Crippen molar-refractivity contribution in [2.75, 3.05) is 18.5 Å². The molecular weight excluding hydrogens is 477 g/mol. The van der Waals surface area contributed by atoms with Crippen LogP contribution in [0.25, 0.3) is 0 Å². The minimum atomic E-state index is -0.890. The number of aliphatic hydroxyl groups is 1. The SMILES string of the molecule is CC1(C)OC2Cn3c(c(C(=O)NOCCO)c(Nc4ccc(Br)cc4F)cc3=O)C2O1. The maximum absolute atomic E-state index is 14.4. The van der Waals surface area contributed by atoms with E-state index >= 15 is 0 Å². The number of carbonyl (C=O) groups is 1. The van der Waals surface area contributed by atoms with Crippen LogP contribution >= 0.6 is 15.9 Å². The molecule has 31 heavy (non-hydrogen) atoms. The number of hydroxylamine groups is 1. The largest absolute Gasteiger partial charge is 0.394 e. The summed E-state index contributed by atoms with van der Waals surface area (Å²) < 4.78 is 28.2. The van der Waals surface area contributed by atoms with E-state index in [1.165, 1.54) is 22.8 Å². The lowest BCUT2D eigenvalue weighted by molar-refractivity contribution is -0.151. The van der Waals surface area contributed by atoms with Crippen LogP contribution in [0.15, 0.2) is 33.5 Å². The lowest BCUT2D eigenvalue weighted by atomic mass is 10.1. The molecule has 0 spiro atoms. The molecule has 0 saturated carbocycles. The summed E-state index contributed by atoms with van der Waals surface area (Å²) in [6.45, 7) is 3.29. The van der Waals surface area contributed by atoms with Crippen LogP contribution in [0, 0.1) is 5.82 Å². The lowest BCUT2D eigenvalue weighted by Crippen LogP contribution is -2.32. The summed E-state index contributed by atoms with van der Waals surface area (Å²) in [5.41, 5.74) is 2.41. The number of nitrogens with one attached hydrogen (secondary N) is 2. The number of fused-ring (bicyclic) bond motifs is 3. The highest BCUT2D eigenvalue weighted by Crippen LogP contribution is 2.45. The van der Waals surface area contributed by atoms with Crippen molar-refractivity contribution < 1.29 is 28.6 Å². The molecule has 2 aromatic rings. The molecule has 9 nitrogen and oxygen atoms in total. The first-order valence-corrected chi connectivity index (χ1v) is 10.4. The van der Waals surface area contributed by atoms with E-state index in [0.717, 1.165) is 0 Å². The standard InChI is InChI=1S/C20H21BrFN3O6/c1-20(2)30-14-9-25-15(27)8-13(23-12-4-3-10(21)7-11(12)22)16(17(25)18(14)31-20)19(28)24-29-6-5-26/h3-4,7-8,14,18,23,26H,5-6,9H2,1-2H3,(H,24,28). The number of benzene rings is 1. The molecule has 2 aliphatic heterocycles. The molecule has 4 rings (SSSR count). The molecule has 0 radical (unpaired) electrons. The Morgan fingerprint density at radius 3 is 2.84 bits per heavy atom. The van der Waals surface area contributed by atoms with Crippen LogP contribution in [-0.2, 0) is 20.9 Å². The Morgan fingerprint density at radius 2 is 2.13 bits per heavy atom. The second-order valence-electron chi connectivity index (χ2n) is 7.61. The number of rotatable bonds is 6. The molecule has 3 N–H and O–H groups in total. The van der Waals surface area contributed by atoms with Crippen LogP contribution in [0.2, 0.25) is 0 Å². The lowest BCUT2D eigenvalue weighted by Gasteiger charge is -2.22. The molecule has 1 aromatic carbocycles. The maximum atomic E-state index is 14.4. The molecule has 1 fully saturated rings. The number of anilines is 2. The number of ether oxygens (including phenoxy) is 2. The monoisotopic (exact) mass is 497 g/mol. The number of hydrogen-bond donors (Lipinski definition) is 3. The topological polar surface area (TPSA) is 111 Å². The summed E-state index contributed by atoms with van der Waals surface area (Å²) in [5, 5.41) is 11.7. The Labute approximate surface area is 185 Å². The van der Waals surface area contributed by atoms with E-state index in [9.17, 15) is 14.0 Å². The molecule has 1 amide bonds. The number of hydrogen-bond acceptors (Lipinski definition) is 7. The summed E-state index contributed by atoms with van der Waals surface area (Å²) in [7, 11) is 0. The minimum Gasteiger partial charge on any atom is -0.394 e. The van der Waals surface area contributed by atoms with Crippen molar-refractivity contribution in [3.63, 3.8) is 0 Å². The van der Waals surface area contributed by atoms with Gasteiger partial charge >= 0.3 is 0 Å². The van der Waals surface area contributed by atoms with Crippen LogP contribution in [-0.4, -0.2) is 40.7 Å². The molecule has 1 aromatic heterocycles. The van der Waals surface area contributed by atoms with E-state index in [2.05, 4.69) is 26.7 Å². The third kappa shape index (κ3) is 4.23. The first-order valence-electron chi connectivity index (χ1n) is 9.58. The van der Waals surface area contributed by atoms with Crippen molar-refractivity contribution in [2.24, 2.45) is 0 Å². The number of aliphatic hydroxyl groups excluding tert-OH is 1. The molecule has 1 saturated heterocycles. The fourth-order valence-corrected chi connectivity index (χ4v) is 4.15. The smallest absolute Gasteiger partial charge is 0.278 e. The minimum absolute atomic E-state index is 0.0636. The van der Waals surface area contributed by atoms with Crippen molar-refractivity contribution in [1.29, 1.82) is 0 Å². The number of nitrogens with zero attached hydrogens (tertiary/aromatic N) is 1. The molecule has 0 bridgehead atoms.